The molecule has 0 atom stereocenters. The first-order valence-electron chi connectivity index (χ1n) is 5.36. The number of benzene rings is 1. The molecule has 0 saturated heterocycles. The highest BCUT2D eigenvalue weighted by Gasteiger charge is 2.18. The van der Waals surface area contributed by atoms with Gasteiger partial charge in [0.15, 0.2) is 0 Å². The van der Waals surface area contributed by atoms with Crippen molar-refractivity contribution in [1.29, 1.82) is 5.26 Å². The zero-order valence-corrected chi connectivity index (χ0v) is 13.1. The van der Waals surface area contributed by atoms with Crippen molar-refractivity contribution >= 4 is 44.6 Å². The highest BCUT2D eigenvalue weighted by molar-refractivity contribution is 7.89. The zero-order valence-electron chi connectivity index (χ0n) is 9.93. The maximum atomic E-state index is 12.2. The number of nitrogens with one attached hydrogen (secondary N) is 1. The van der Waals surface area contributed by atoms with Crippen LogP contribution in [0.1, 0.15) is 10.4 Å². The van der Waals surface area contributed by atoms with E-state index in [2.05, 4.69) is 4.72 Å². The molecule has 4 nitrogen and oxygen atoms in total. The van der Waals surface area contributed by atoms with Crippen LogP contribution in [0.5, 0.6) is 0 Å². The van der Waals surface area contributed by atoms with Gasteiger partial charge in [-0.2, -0.15) is 5.26 Å². The van der Waals surface area contributed by atoms with E-state index in [4.69, 9.17) is 28.5 Å². The first kappa shape index (κ1) is 15.3. The lowest BCUT2D eigenvalue weighted by molar-refractivity contribution is 0.582. The molecule has 0 radical (unpaired) electrons. The average Bonchev–Trinajstić information content (AvgIpc) is 2.83. The van der Waals surface area contributed by atoms with Crippen LogP contribution in [0.15, 0.2) is 35.2 Å². The van der Waals surface area contributed by atoms with Gasteiger partial charge in [-0.05, 0) is 30.3 Å². The second-order valence-corrected chi connectivity index (χ2v) is 7.73. The van der Waals surface area contributed by atoms with Gasteiger partial charge in [-0.1, -0.05) is 23.2 Å². The summed E-state index contributed by atoms with van der Waals surface area (Å²) in [4.78, 5) is 0.673. The van der Waals surface area contributed by atoms with E-state index in [1.807, 2.05) is 6.07 Å². The fourth-order valence-corrected chi connectivity index (χ4v) is 4.12. The lowest BCUT2D eigenvalue weighted by atomic mass is 10.2. The van der Waals surface area contributed by atoms with Gasteiger partial charge in [0.2, 0.25) is 10.0 Å². The molecular weight excluding hydrogens is 339 g/mol. The van der Waals surface area contributed by atoms with Crippen molar-refractivity contribution in [3.63, 3.8) is 0 Å². The predicted molar refractivity (Wildman–Crippen MR) is 79.5 cm³/mol. The highest BCUT2D eigenvalue weighted by Crippen LogP contribution is 2.24. The molecule has 1 aromatic heterocycles. The minimum absolute atomic E-state index is 0.0701. The number of hydrogen-bond donors (Lipinski definition) is 1. The molecule has 2 rings (SSSR count). The fraction of sp³-hybridized carbons (Fsp3) is 0.0833. The normalized spacial score (nSPS) is 11.2. The van der Waals surface area contributed by atoms with Crippen LogP contribution >= 0.6 is 34.5 Å². The van der Waals surface area contributed by atoms with Gasteiger partial charge in [-0.25, -0.2) is 13.1 Å². The Kier molecular flexibility index (Phi) is 4.68. The first-order chi connectivity index (χ1) is 9.42. The van der Waals surface area contributed by atoms with Crippen molar-refractivity contribution in [3.8, 4) is 6.07 Å². The Morgan fingerprint density at radius 1 is 1.25 bits per heavy atom. The van der Waals surface area contributed by atoms with Crippen molar-refractivity contribution in [1.82, 2.24) is 4.72 Å². The summed E-state index contributed by atoms with van der Waals surface area (Å²) < 4.78 is 27.3. The molecule has 8 heteroatoms. The van der Waals surface area contributed by atoms with E-state index >= 15 is 0 Å². The molecule has 0 saturated carbocycles. The molecule has 0 aliphatic heterocycles. The molecule has 20 heavy (non-hydrogen) atoms. The van der Waals surface area contributed by atoms with Crippen LogP contribution in [0.4, 0.5) is 0 Å². The second-order valence-electron chi connectivity index (χ2n) is 3.79. The van der Waals surface area contributed by atoms with Gasteiger partial charge in [-0.3, -0.25) is 0 Å². The summed E-state index contributed by atoms with van der Waals surface area (Å²) in [5.41, 5.74) is 0.231. The van der Waals surface area contributed by atoms with Crippen molar-refractivity contribution < 1.29 is 8.42 Å². The fourth-order valence-electron chi connectivity index (χ4n) is 1.47. The molecule has 0 spiro atoms. The van der Waals surface area contributed by atoms with Crippen LogP contribution in [0.25, 0.3) is 0 Å². The first-order valence-corrected chi connectivity index (χ1v) is 8.41. The number of nitrogens with zero attached hydrogens (tertiary/aromatic N) is 1. The van der Waals surface area contributed by atoms with Crippen LogP contribution in [-0.2, 0) is 16.6 Å². The molecule has 104 valence electrons. The maximum absolute atomic E-state index is 12.2. The van der Waals surface area contributed by atoms with E-state index in [1.54, 1.807) is 12.1 Å². The standard InChI is InChI=1S/C12H8Cl2N2O2S2/c13-10-3-1-8(6-15)5-11(10)20(17,18)16-7-9-2-4-12(14)19-9/h1-5,16H,7H2. The van der Waals surface area contributed by atoms with Crippen molar-refractivity contribution in [2.45, 2.75) is 11.4 Å². The molecule has 0 amide bonds. The van der Waals surface area contributed by atoms with Crippen LogP contribution < -0.4 is 4.72 Å². The van der Waals surface area contributed by atoms with Crippen LogP contribution in [0, 0.1) is 11.3 Å². The molecule has 0 unspecified atom stereocenters. The summed E-state index contributed by atoms with van der Waals surface area (Å²) in [6, 6.07) is 9.40. The van der Waals surface area contributed by atoms with E-state index in [9.17, 15) is 8.42 Å². The number of hydrogen-bond acceptors (Lipinski definition) is 4. The van der Waals surface area contributed by atoms with Gasteiger partial charge >= 0.3 is 0 Å². The smallest absolute Gasteiger partial charge is 0.207 e. The Hall–Kier alpha value is -1.10. The van der Waals surface area contributed by atoms with Crippen LogP contribution in [0.2, 0.25) is 9.36 Å². The molecule has 0 aliphatic carbocycles. The molecule has 0 bridgehead atoms. The Labute approximate surface area is 130 Å². The van der Waals surface area contributed by atoms with Crippen LogP contribution in [-0.4, -0.2) is 8.42 Å². The van der Waals surface area contributed by atoms with E-state index in [-0.39, 0.29) is 22.0 Å². The van der Waals surface area contributed by atoms with E-state index < -0.39 is 10.0 Å². The number of nitriles is 1. The van der Waals surface area contributed by atoms with Crippen molar-refractivity contribution in [2.24, 2.45) is 0 Å². The third-order valence-corrected chi connectivity index (χ3v) is 5.53. The molecule has 2 aromatic rings. The molecule has 0 fully saturated rings. The largest absolute Gasteiger partial charge is 0.242 e. The summed E-state index contributed by atoms with van der Waals surface area (Å²) in [6.45, 7) is 0.118. The molecular formula is C12H8Cl2N2O2S2. The number of halogens is 2. The molecule has 1 N–H and O–H groups in total. The topological polar surface area (TPSA) is 70.0 Å². The van der Waals surface area contributed by atoms with E-state index in [0.717, 1.165) is 4.88 Å². The lowest BCUT2D eigenvalue weighted by Gasteiger charge is -2.07. The Bertz CT molecular complexity index is 779. The Balaban J connectivity index is 2.24. The number of thiophene rings is 1. The van der Waals surface area contributed by atoms with Gasteiger partial charge in [0.1, 0.15) is 4.90 Å². The number of rotatable bonds is 4. The summed E-state index contributed by atoms with van der Waals surface area (Å²) in [5, 5.41) is 8.88. The Morgan fingerprint density at radius 3 is 2.60 bits per heavy atom. The summed E-state index contributed by atoms with van der Waals surface area (Å²) >= 11 is 12.9. The SMILES string of the molecule is N#Cc1ccc(Cl)c(S(=O)(=O)NCc2ccc(Cl)s2)c1. The van der Waals surface area contributed by atoms with Gasteiger partial charge < -0.3 is 0 Å². The monoisotopic (exact) mass is 346 g/mol. The molecule has 1 heterocycles. The van der Waals surface area contributed by atoms with Gasteiger partial charge in [0, 0.05) is 11.4 Å². The van der Waals surface area contributed by atoms with E-state index in [1.165, 1.54) is 29.5 Å². The minimum atomic E-state index is -3.78. The van der Waals surface area contributed by atoms with E-state index in [0.29, 0.717) is 4.34 Å². The van der Waals surface area contributed by atoms with Crippen LogP contribution in [0.3, 0.4) is 0 Å². The third-order valence-electron chi connectivity index (χ3n) is 2.42. The summed E-state index contributed by atoms with van der Waals surface area (Å²) in [7, 11) is -3.78. The molecule has 1 aromatic carbocycles. The lowest BCUT2D eigenvalue weighted by Crippen LogP contribution is -2.23. The summed E-state index contributed by atoms with van der Waals surface area (Å²) in [6.07, 6.45) is 0. The predicted octanol–water partition coefficient (Wildman–Crippen LogP) is 3.41. The van der Waals surface area contributed by atoms with Crippen molar-refractivity contribution in [2.75, 3.05) is 0 Å². The zero-order chi connectivity index (χ0) is 14.8. The number of sulfonamides is 1. The second kappa shape index (κ2) is 6.12. The quantitative estimate of drug-likeness (QED) is 0.921. The minimum Gasteiger partial charge on any atom is -0.207 e. The Morgan fingerprint density at radius 2 is 2.00 bits per heavy atom. The third kappa shape index (κ3) is 3.51. The van der Waals surface area contributed by atoms with Gasteiger partial charge in [-0.15, -0.1) is 11.3 Å². The highest BCUT2D eigenvalue weighted by atomic mass is 35.5. The van der Waals surface area contributed by atoms with Crippen molar-refractivity contribution in [3.05, 3.63) is 50.1 Å². The molecule has 0 aliphatic rings. The maximum Gasteiger partial charge on any atom is 0.242 e. The van der Waals surface area contributed by atoms with Gasteiger partial charge in [0.05, 0.1) is 21.0 Å². The average molecular weight is 347 g/mol. The van der Waals surface area contributed by atoms with Gasteiger partial charge in [0.25, 0.3) is 0 Å². The summed E-state index contributed by atoms with van der Waals surface area (Å²) in [5.74, 6) is 0.